The van der Waals surface area contributed by atoms with E-state index >= 15 is 0 Å². The summed E-state index contributed by atoms with van der Waals surface area (Å²) in [6, 6.07) is -0.386. The Morgan fingerprint density at radius 3 is 2.12 bits per heavy atom. The van der Waals surface area contributed by atoms with Crippen molar-refractivity contribution < 1.29 is 14.7 Å². The van der Waals surface area contributed by atoms with Crippen LogP contribution in [0.4, 0.5) is 4.79 Å². The molecule has 0 aliphatic heterocycles. The van der Waals surface area contributed by atoms with Gasteiger partial charge in [-0.3, -0.25) is 9.69 Å². The number of hydrogen-bond donors (Lipinski definition) is 1. The number of Topliss-reactive ketones (excluding diaryl/α,β-unsaturated/α-hetero) is 1. The van der Waals surface area contributed by atoms with E-state index in [1.807, 2.05) is 0 Å². The number of carboxylic acid groups (broad SMARTS) is 1. The fourth-order valence-corrected chi connectivity index (χ4v) is 3.63. The van der Waals surface area contributed by atoms with Crippen LogP contribution in [0, 0.1) is 0 Å². The molecule has 0 aromatic heterocycles. The van der Waals surface area contributed by atoms with Crippen LogP contribution in [0.15, 0.2) is 0 Å². The first-order chi connectivity index (χ1) is 11.7. The molecule has 0 aromatic carbocycles. The fraction of sp³-hybridized carbons (Fsp3) is 0.900. The van der Waals surface area contributed by atoms with E-state index in [4.69, 9.17) is 0 Å². The summed E-state index contributed by atoms with van der Waals surface area (Å²) in [5.74, 6) is 0.127. The highest BCUT2D eigenvalue weighted by Gasteiger charge is 2.29. The van der Waals surface area contributed by atoms with Crippen molar-refractivity contribution in [1.82, 2.24) is 4.90 Å². The minimum Gasteiger partial charge on any atom is -0.465 e. The molecule has 4 heteroatoms. The van der Waals surface area contributed by atoms with Crippen LogP contribution in [0.2, 0.25) is 0 Å². The number of rotatable bonds is 12. The average molecular weight is 340 g/mol. The van der Waals surface area contributed by atoms with Gasteiger partial charge in [0, 0.05) is 13.0 Å². The lowest BCUT2D eigenvalue weighted by molar-refractivity contribution is -0.123. The van der Waals surface area contributed by atoms with Crippen LogP contribution in [0.25, 0.3) is 0 Å². The van der Waals surface area contributed by atoms with Gasteiger partial charge in [0.05, 0.1) is 6.04 Å². The lowest BCUT2D eigenvalue weighted by Crippen LogP contribution is -2.44. The quantitative estimate of drug-likeness (QED) is 0.362. The second-order valence-corrected chi connectivity index (χ2v) is 7.24. The second kappa shape index (κ2) is 13.3. The van der Waals surface area contributed by atoms with Crippen LogP contribution in [-0.2, 0) is 4.79 Å². The Morgan fingerprint density at radius 1 is 0.958 bits per heavy atom. The zero-order chi connectivity index (χ0) is 17.6. The van der Waals surface area contributed by atoms with E-state index in [9.17, 15) is 14.7 Å². The largest absolute Gasteiger partial charge is 0.465 e. The van der Waals surface area contributed by atoms with Gasteiger partial charge < -0.3 is 5.11 Å². The van der Waals surface area contributed by atoms with Crippen LogP contribution in [0.1, 0.15) is 103 Å². The van der Waals surface area contributed by atoms with E-state index < -0.39 is 6.09 Å². The normalized spacial score (nSPS) is 18.4. The van der Waals surface area contributed by atoms with Crippen LogP contribution < -0.4 is 0 Å². The standard InChI is InChI=1S/C20H37NO3/c1-2-3-4-5-6-7-8-9-10-14-17-21(20(23)24)18-15-12-11-13-16-19(18)22/h18H,2-17H2,1H3,(H,23,24). The minimum absolute atomic E-state index is 0.127. The Kier molecular flexibility index (Phi) is 11.6. The van der Waals surface area contributed by atoms with Gasteiger partial charge >= 0.3 is 6.09 Å². The number of unbranched alkanes of at least 4 members (excludes halogenated alkanes) is 9. The van der Waals surface area contributed by atoms with Crippen molar-refractivity contribution in [3.05, 3.63) is 0 Å². The average Bonchev–Trinajstić information content (AvgIpc) is 2.77. The van der Waals surface area contributed by atoms with Crippen LogP contribution in [-0.4, -0.2) is 34.5 Å². The molecule has 1 rings (SSSR count). The molecule has 0 aromatic rings. The van der Waals surface area contributed by atoms with Crippen molar-refractivity contribution in [2.45, 2.75) is 109 Å². The van der Waals surface area contributed by atoms with Crippen molar-refractivity contribution >= 4 is 11.9 Å². The third-order valence-electron chi connectivity index (χ3n) is 5.15. The van der Waals surface area contributed by atoms with Crippen molar-refractivity contribution in [2.24, 2.45) is 0 Å². The van der Waals surface area contributed by atoms with E-state index in [-0.39, 0.29) is 11.8 Å². The monoisotopic (exact) mass is 339 g/mol. The molecule has 0 spiro atoms. The fourth-order valence-electron chi connectivity index (χ4n) is 3.63. The Morgan fingerprint density at radius 2 is 1.54 bits per heavy atom. The first-order valence-corrected chi connectivity index (χ1v) is 10.2. The first kappa shape index (κ1) is 21.0. The maximum absolute atomic E-state index is 12.1. The number of ketones is 1. The third-order valence-corrected chi connectivity index (χ3v) is 5.15. The van der Waals surface area contributed by atoms with Crippen molar-refractivity contribution in [1.29, 1.82) is 0 Å². The lowest BCUT2D eigenvalue weighted by Gasteiger charge is -2.27. The maximum Gasteiger partial charge on any atom is 0.407 e. The van der Waals surface area contributed by atoms with E-state index in [1.165, 1.54) is 56.3 Å². The Bertz CT molecular complexity index is 357. The van der Waals surface area contributed by atoms with Gasteiger partial charge in [-0.2, -0.15) is 0 Å². The predicted molar refractivity (Wildman–Crippen MR) is 98.5 cm³/mol. The third kappa shape index (κ3) is 8.70. The molecule has 1 unspecified atom stereocenters. The van der Waals surface area contributed by atoms with Crippen LogP contribution in [0.5, 0.6) is 0 Å². The summed E-state index contributed by atoms with van der Waals surface area (Å²) in [6.07, 6.45) is 15.6. The highest BCUT2D eigenvalue weighted by atomic mass is 16.4. The zero-order valence-corrected chi connectivity index (χ0v) is 15.6. The number of nitrogens with zero attached hydrogens (tertiary/aromatic N) is 1. The van der Waals surface area contributed by atoms with Gasteiger partial charge in [-0.1, -0.05) is 77.6 Å². The molecule has 1 atom stereocenters. The van der Waals surface area contributed by atoms with Gasteiger partial charge in [0.2, 0.25) is 0 Å². The van der Waals surface area contributed by atoms with Crippen LogP contribution in [0.3, 0.4) is 0 Å². The SMILES string of the molecule is CCCCCCCCCCCCN(C(=O)O)C1CCCCCC1=O. The van der Waals surface area contributed by atoms with Crippen molar-refractivity contribution in [3.8, 4) is 0 Å². The highest BCUT2D eigenvalue weighted by molar-refractivity contribution is 5.87. The Balaban J connectivity index is 2.15. The molecular weight excluding hydrogens is 302 g/mol. The van der Waals surface area contributed by atoms with Crippen LogP contribution >= 0.6 is 0 Å². The Labute approximate surface area is 148 Å². The van der Waals surface area contributed by atoms with Gasteiger partial charge in [-0.25, -0.2) is 4.79 Å². The van der Waals surface area contributed by atoms with Gasteiger partial charge in [0.15, 0.2) is 5.78 Å². The molecule has 4 nitrogen and oxygen atoms in total. The molecule has 1 aliphatic carbocycles. The molecule has 0 heterocycles. The Hall–Kier alpha value is -1.06. The topological polar surface area (TPSA) is 57.6 Å². The molecule has 0 bridgehead atoms. The highest BCUT2D eigenvalue weighted by Crippen LogP contribution is 2.20. The van der Waals surface area contributed by atoms with Gasteiger partial charge in [-0.15, -0.1) is 0 Å². The van der Waals surface area contributed by atoms with Crippen molar-refractivity contribution in [2.75, 3.05) is 6.54 Å². The molecule has 1 N–H and O–H groups in total. The summed E-state index contributed by atoms with van der Waals surface area (Å²) in [6.45, 7) is 2.76. The summed E-state index contributed by atoms with van der Waals surface area (Å²) >= 11 is 0. The first-order valence-electron chi connectivity index (χ1n) is 10.2. The molecule has 1 saturated carbocycles. The number of carbonyl (C=O) groups excluding carboxylic acids is 1. The number of carbonyl (C=O) groups is 2. The number of amides is 1. The molecule has 1 fully saturated rings. The molecule has 0 radical (unpaired) electrons. The van der Waals surface area contributed by atoms with E-state index in [1.54, 1.807) is 0 Å². The smallest absolute Gasteiger partial charge is 0.407 e. The van der Waals surface area contributed by atoms with Crippen molar-refractivity contribution in [3.63, 3.8) is 0 Å². The van der Waals surface area contributed by atoms with E-state index in [0.717, 1.165) is 32.1 Å². The summed E-state index contributed by atoms with van der Waals surface area (Å²) in [4.78, 5) is 25.1. The minimum atomic E-state index is -0.925. The molecule has 1 aliphatic rings. The summed E-state index contributed by atoms with van der Waals surface area (Å²) in [5.41, 5.74) is 0. The summed E-state index contributed by atoms with van der Waals surface area (Å²) in [7, 11) is 0. The predicted octanol–water partition coefficient (Wildman–Crippen LogP) is 5.79. The summed E-state index contributed by atoms with van der Waals surface area (Å²) < 4.78 is 0. The van der Waals surface area contributed by atoms with Gasteiger partial charge in [0.25, 0.3) is 0 Å². The van der Waals surface area contributed by atoms with Gasteiger partial charge in [-0.05, 0) is 19.3 Å². The number of hydrogen-bond acceptors (Lipinski definition) is 2. The van der Waals surface area contributed by atoms with E-state index in [0.29, 0.717) is 19.4 Å². The molecule has 140 valence electrons. The summed E-state index contributed by atoms with van der Waals surface area (Å²) in [5, 5.41) is 9.45. The van der Waals surface area contributed by atoms with E-state index in [2.05, 4.69) is 6.92 Å². The molecule has 24 heavy (non-hydrogen) atoms. The zero-order valence-electron chi connectivity index (χ0n) is 15.6. The lowest BCUT2D eigenvalue weighted by atomic mass is 10.0. The maximum atomic E-state index is 12.1. The van der Waals surface area contributed by atoms with Gasteiger partial charge in [0.1, 0.15) is 0 Å². The second-order valence-electron chi connectivity index (χ2n) is 7.24. The molecule has 1 amide bonds. The molecule has 0 saturated heterocycles. The molecular formula is C20H37NO3.